The first kappa shape index (κ1) is 16.5. The third kappa shape index (κ3) is 4.34. The number of carbonyl (C=O) groups excluding carboxylic acids is 2. The largest absolute Gasteiger partial charge is 0.304 e. The minimum absolute atomic E-state index is 0.0310. The molecule has 22 heavy (non-hydrogen) atoms. The second kappa shape index (κ2) is 7.98. The number of nitrogens with one attached hydrogen (secondary N) is 1. The van der Waals surface area contributed by atoms with Crippen molar-refractivity contribution in [1.82, 2.24) is 5.48 Å². The highest BCUT2D eigenvalue weighted by Gasteiger charge is 2.23. The van der Waals surface area contributed by atoms with Gasteiger partial charge in [0.15, 0.2) is 11.6 Å². The minimum Gasteiger partial charge on any atom is -0.304 e. The van der Waals surface area contributed by atoms with Crippen LogP contribution in [0.3, 0.4) is 0 Å². The Labute approximate surface area is 137 Å². The number of hydroxylamine groups is 1. The molecule has 4 nitrogen and oxygen atoms in total. The Hall–Kier alpha value is -1.82. The summed E-state index contributed by atoms with van der Waals surface area (Å²) in [5, 5.41) is 0. The summed E-state index contributed by atoms with van der Waals surface area (Å²) in [5.41, 5.74) is 3.71. The van der Waals surface area contributed by atoms with Gasteiger partial charge in [-0.25, -0.2) is 0 Å². The van der Waals surface area contributed by atoms with Gasteiger partial charge in [-0.2, -0.15) is 5.48 Å². The second-order valence-electron chi connectivity index (χ2n) is 4.74. The summed E-state index contributed by atoms with van der Waals surface area (Å²) in [4.78, 5) is 29.7. The van der Waals surface area contributed by atoms with Crippen LogP contribution in [0.1, 0.15) is 27.1 Å². The summed E-state index contributed by atoms with van der Waals surface area (Å²) in [5.74, 6) is -0.300. The van der Waals surface area contributed by atoms with Crippen LogP contribution in [0.15, 0.2) is 59.1 Å². The molecule has 1 unspecified atom stereocenters. The molecular formula is C17H16BrNO3. The highest BCUT2D eigenvalue weighted by molar-refractivity contribution is 9.10. The van der Waals surface area contributed by atoms with Gasteiger partial charge in [-0.05, 0) is 12.1 Å². The van der Waals surface area contributed by atoms with Crippen LogP contribution >= 0.6 is 15.9 Å². The molecule has 0 aliphatic carbocycles. The lowest BCUT2D eigenvalue weighted by Gasteiger charge is -2.15. The van der Waals surface area contributed by atoms with Crippen molar-refractivity contribution in [2.75, 3.05) is 7.11 Å². The molecule has 114 valence electrons. The SMILES string of the molecule is CONC(CC(=O)c1ccccc1)C(=O)c1cccc(Br)c1. The van der Waals surface area contributed by atoms with Gasteiger partial charge in [0.05, 0.1) is 7.11 Å². The zero-order valence-electron chi connectivity index (χ0n) is 12.1. The number of benzene rings is 2. The molecule has 0 spiro atoms. The van der Waals surface area contributed by atoms with E-state index in [2.05, 4.69) is 21.4 Å². The van der Waals surface area contributed by atoms with Crippen LogP contribution in [-0.4, -0.2) is 24.7 Å². The summed E-state index contributed by atoms with van der Waals surface area (Å²) in [7, 11) is 1.42. The molecule has 0 saturated heterocycles. The van der Waals surface area contributed by atoms with Crippen LogP contribution in [0.25, 0.3) is 0 Å². The van der Waals surface area contributed by atoms with Crippen molar-refractivity contribution in [3.63, 3.8) is 0 Å². The Morgan fingerprint density at radius 3 is 2.41 bits per heavy atom. The van der Waals surface area contributed by atoms with Crippen LogP contribution in [-0.2, 0) is 4.84 Å². The van der Waals surface area contributed by atoms with Gasteiger partial charge < -0.3 is 4.84 Å². The topological polar surface area (TPSA) is 55.4 Å². The van der Waals surface area contributed by atoms with Crippen LogP contribution in [0.5, 0.6) is 0 Å². The molecule has 1 atom stereocenters. The van der Waals surface area contributed by atoms with E-state index in [1.807, 2.05) is 12.1 Å². The Morgan fingerprint density at radius 2 is 1.77 bits per heavy atom. The molecule has 0 aromatic heterocycles. The standard InChI is InChI=1S/C17H16BrNO3/c1-22-19-15(11-16(20)12-6-3-2-4-7-12)17(21)13-8-5-9-14(18)10-13/h2-10,15,19H,11H2,1H3. The summed E-state index contributed by atoms with van der Waals surface area (Å²) in [6.45, 7) is 0. The Balaban J connectivity index is 2.16. The average Bonchev–Trinajstić information content (AvgIpc) is 2.54. The summed E-state index contributed by atoms with van der Waals surface area (Å²) in [6.07, 6.45) is 0.0310. The van der Waals surface area contributed by atoms with Crippen LogP contribution in [0.2, 0.25) is 0 Å². The van der Waals surface area contributed by atoms with Gasteiger partial charge in [0.2, 0.25) is 0 Å². The normalized spacial score (nSPS) is 11.9. The van der Waals surface area contributed by atoms with Crippen molar-refractivity contribution >= 4 is 27.5 Å². The van der Waals surface area contributed by atoms with Crippen molar-refractivity contribution in [3.05, 3.63) is 70.2 Å². The number of carbonyl (C=O) groups is 2. The number of ketones is 2. The number of rotatable bonds is 7. The molecule has 0 fully saturated rings. The average molecular weight is 362 g/mol. The lowest BCUT2D eigenvalue weighted by molar-refractivity contribution is 0.0473. The maximum Gasteiger partial charge on any atom is 0.182 e. The van der Waals surface area contributed by atoms with Gasteiger partial charge >= 0.3 is 0 Å². The third-order valence-electron chi connectivity index (χ3n) is 3.17. The smallest absolute Gasteiger partial charge is 0.182 e. The Kier molecular flexibility index (Phi) is 6.00. The van der Waals surface area contributed by atoms with E-state index < -0.39 is 6.04 Å². The van der Waals surface area contributed by atoms with Crippen molar-refractivity contribution in [2.24, 2.45) is 0 Å². The summed E-state index contributed by atoms with van der Waals surface area (Å²) in [6, 6.07) is 15.2. The monoisotopic (exact) mass is 361 g/mol. The predicted molar refractivity (Wildman–Crippen MR) is 87.8 cm³/mol. The quantitative estimate of drug-likeness (QED) is 0.606. The fourth-order valence-corrected chi connectivity index (χ4v) is 2.50. The van der Waals surface area contributed by atoms with Crippen molar-refractivity contribution in [2.45, 2.75) is 12.5 Å². The van der Waals surface area contributed by atoms with E-state index in [0.29, 0.717) is 11.1 Å². The van der Waals surface area contributed by atoms with Gasteiger partial charge in [-0.3, -0.25) is 9.59 Å². The summed E-state index contributed by atoms with van der Waals surface area (Å²) >= 11 is 3.34. The molecule has 1 N–H and O–H groups in total. The molecule has 0 radical (unpaired) electrons. The van der Waals surface area contributed by atoms with Crippen LogP contribution < -0.4 is 5.48 Å². The van der Waals surface area contributed by atoms with Crippen LogP contribution in [0.4, 0.5) is 0 Å². The van der Waals surface area contributed by atoms with E-state index in [0.717, 1.165) is 4.47 Å². The highest BCUT2D eigenvalue weighted by Crippen LogP contribution is 2.15. The Bertz CT molecular complexity index is 658. The van der Waals surface area contributed by atoms with Gasteiger partial charge in [-0.1, -0.05) is 58.4 Å². The van der Waals surface area contributed by atoms with Crippen molar-refractivity contribution < 1.29 is 14.4 Å². The number of halogens is 1. The van der Waals surface area contributed by atoms with Gasteiger partial charge in [0, 0.05) is 22.0 Å². The maximum atomic E-state index is 12.5. The zero-order chi connectivity index (χ0) is 15.9. The van der Waals surface area contributed by atoms with Gasteiger partial charge in [0.1, 0.15) is 6.04 Å². The lowest BCUT2D eigenvalue weighted by Crippen LogP contribution is -2.38. The zero-order valence-corrected chi connectivity index (χ0v) is 13.7. The molecule has 0 heterocycles. The van der Waals surface area contributed by atoms with E-state index >= 15 is 0 Å². The predicted octanol–water partition coefficient (Wildman–Crippen LogP) is 3.42. The molecule has 5 heteroatoms. The molecule has 0 bridgehead atoms. The van der Waals surface area contributed by atoms with Gasteiger partial charge in [0.25, 0.3) is 0 Å². The number of hydrogen-bond acceptors (Lipinski definition) is 4. The highest BCUT2D eigenvalue weighted by atomic mass is 79.9. The molecular weight excluding hydrogens is 346 g/mol. The first-order valence-corrected chi connectivity index (χ1v) is 7.57. The molecule has 0 aliphatic rings. The summed E-state index contributed by atoms with van der Waals surface area (Å²) < 4.78 is 0.809. The first-order chi connectivity index (χ1) is 10.6. The molecule has 0 saturated carbocycles. The third-order valence-corrected chi connectivity index (χ3v) is 3.66. The molecule has 2 aromatic carbocycles. The fourth-order valence-electron chi connectivity index (χ4n) is 2.10. The van der Waals surface area contributed by atoms with Crippen molar-refractivity contribution in [1.29, 1.82) is 0 Å². The molecule has 0 aliphatic heterocycles. The van der Waals surface area contributed by atoms with E-state index in [1.54, 1.807) is 42.5 Å². The minimum atomic E-state index is -0.730. The van der Waals surface area contributed by atoms with Crippen LogP contribution in [0, 0.1) is 0 Å². The first-order valence-electron chi connectivity index (χ1n) is 6.78. The molecule has 2 aromatic rings. The molecule has 2 rings (SSSR count). The number of hydrogen-bond donors (Lipinski definition) is 1. The fraction of sp³-hybridized carbons (Fsp3) is 0.176. The van der Waals surface area contributed by atoms with E-state index in [1.165, 1.54) is 7.11 Å². The van der Waals surface area contributed by atoms with E-state index in [-0.39, 0.29) is 18.0 Å². The lowest BCUT2D eigenvalue weighted by atomic mass is 9.97. The van der Waals surface area contributed by atoms with E-state index in [9.17, 15) is 9.59 Å². The van der Waals surface area contributed by atoms with E-state index in [4.69, 9.17) is 4.84 Å². The Morgan fingerprint density at radius 1 is 1.09 bits per heavy atom. The van der Waals surface area contributed by atoms with Crippen molar-refractivity contribution in [3.8, 4) is 0 Å². The molecule has 0 amide bonds. The van der Waals surface area contributed by atoms with Gasteiger partial charge in [-0.15, -0.1) is 0 Å². The number of Topliss-reactive ketones (excluding diaryl/α,β-unsaturated/α-hetero) is 2. The maximum absolute atomic E-state index is 12.5. The second-order valence-corrected chi connectivity index (χ2v) is 5.66.